The van der Waals surface area contributed by atoms with Gasteiger partial charge in [0.2, 0.25) is 0 Å². The molecule has 0 aromatic carbocycles. The third kappa shape index (κ3) is 13.7. The Hall–Kier alpha value is -0.330. The lowest BCUT2D eigenvalue weighted by Crippen LogP contribution is -1.82. The molecule has 0 spiro atoms. The number of rotatable bonds is 13. The van der Waals surface area contributed by atoms with Crippen LogP contribution < -0.4 is 0 Å². The van der Waals surface area contributed by atoms with Gasteiger partial charge < -0.3 is 5.41 Å². The van der Waals surface area contributed by atoms with Crippen molar-refractivity contribution in [3.63, 3.8) is 0 Å². The van der Waals surface area contributed by atoms with Gasteiger partial charge in [0.05, 0.1) is 0 Å². The normalized spacial score (nSPS) is 10.6. The summed E-state index contributed by atoms with van der Waals surface area (Å²) in [5.41, 5.74) is 0. The fourth-order valence-corrected chi connectivity index (χ4v) is 2.09. The maximum absolute atomic E-state index is 6.92. The topological polar surface area (TPSA) is 23.9 Å². The minimum atomic E-state index is 0.984. The molecule has 0 saturated carbocycles. The highest BCUT2D eigenvalue weighted by molar-refractivity contribution is 5.52. The van der Waals surface area contributed by atoms with E-state index in [0.29, 0.717) is 0 Å². The van der Waals surface area contributed by atoms with E-state index in [1.807, 2.05) is 0 Å². The Morgan fingerprint density at radius 1 is 0.625 bits per heavy atom. The van der Waals surface area contributed by atoms with E-state index in [-0.39, 0.29) is 0 Å². The van der Waals surface area contributed by atoms with Gasteiger partial charge in [0.1, 0.15) is 0 Å². The molecule has 16 heavy (non-hydrogen) atoms. The van der Waals surface area contributed by atoms with Crippen LogP contribution in [0.25, 0.3) is 0 Å². The predicted octanol–water partition coefficient (Wildman–Crippen LogP) is 5.73. The summed E-state index contributed by atoms with van der Waals surface area (Å²) in [6.45, 7) is 2.28. The van der Waals surface area contributed by atoms with Crippen LogP contribution in [0.4, 0.5) is 0 Å². The Morgan fingerprint density at radius 2 is 1.00 bits per heavy atom. The molecule has 0 aliphatic rings. The van der Waals surface area contributed by atoms with Crippen molar-refractivity contribution in [3.05, 3.63) is 0 Å². The first-order valence-electron chi connectivity index (χ1n) is 7.40. The number of hydrogen-bond acceptors (Lipinski definition) is 1. The quantitative estimate of drug-likeness (QED) is 0.306. The average Bonchev–Trinajstić information content (AvgIpc) is 2.31. The predicted molar refractivity (Wildman–Crippen MR) is 74.5 cm³/mol. The molecule has 1 nitrogen and oxygen atoms in total. The fourth-order valence-electron chi connectivity index (χ4n) is 2.09. The highest BCUT2D eigenvalue weighted by Crippen LogP contribution is 2.12. The van der Waals surface area contributed by atoms with E-state index in [4.69, 9.17) is 5.41 Å². The average molecular weight is 225 g/mol. The summed E-state index contributed by atoms with van der Waals surface area (Å²) in [6.07, 6.45) is 19.3. The van der Waals surface area contributed by atoms with Gasteiger partial charge in [-0.15, -0.1) is 0 Å². The largest absolute Gasteiger partial charge is 0.313 e. The van der Waals surface area contributed by atoms with Crippen molar-refractivity contribution in [2.24, 2.45) is 0 Å². The van der Waals surface area contributed by atoms with Gasteiger partial charge in [-0.25, -0.2) is 0 Å². The van der Waals surface area contributed by atoms with Crippen LogP contribution in [0.2, 0.25) is 0 Å². The van der Waals surface area contributed by atoms with Crippen molar-refractivity contribution in [1.29, 1.82) is 5.41 Å². The molecule has 0 amide bonds. The third-order valence-electron chi connectivity index (χ3n) is 3.20. The third-order valence-corrected chi connectivity index (χ3v) is 3.20. The number of nitrogens with one attached hydrogen (secondary N) is 1. The number of unbranched alkanes of at least 4 members (excludes halogenated alkanes) is 12. The fraction of sp³-hybridized carbons (Fsp3) is 0.933. The molecule has 0 aliphatic carbocycles. The first-order valence-corrected chi connectivity index (χ1v) is 7.40. The van der Waals surface area contributed by atoms with E-state index in [1.54, 1.807) is 0 Å². The Labute approximate surface area is 103 Å². The highest BCUT2D eigenvalue weighted by Gasteiger charge is 1.92. The second-order valence-electron chi connectivity index (χ2n) is 4.88. The molecular formula is C15H31N. The molecule has 0 atom stereocenters. The van der Waals surface area contributed by atoms with Crippen LogP contribution in [0.15, 0.2) is 0 Å². The molecule has 0 fully saturated rings. The maximum Gasteiger partial charge on any atom is -0.00477 e. The molecule has 0 saturated heterocycles. The molecule has 0 aliphatic heterocycles. The lowest BCUT2D eigenvalue weighted by Gasteiger charge is -2.01. The van der Waals surface area contributed by atoms with Crippen LogP contribution in [-0.4, -0.2) is 6.21 Å². The van der Waals surface area contributed by atoms with Gasteiger partial charge in [-0.2, -0.15) is 0 Å². The summed E-state index contributed by atoms with van der Waals surface area (Å²) in [5, 5.41) is 6.92. The minimum absolute atomic E-state index is 0.984. The zero-order valence-corrected chi connectivity index (χ0v) is 11.3. The van der Waals surface area contributed by atoms with Gasteiger partial charge in [0, 0.05) is 0 Å². The van der Waals surface area contributed by atoms with Crippen LogP contribution in [-0.2, 0) is 0 Å². The molecule has 0 aromatic rings. The molecule has 0 rings (SSSR count). The second kappa shape index (κ2) is 14.7. The Morgan fingerprint density at radius 3 is 1.38 bits per heavy atom. The Balaban J connectivity index is 2.85. The summed E-state index contributed by atoms with van der Waals surface area (Å²) in [6, 6.07) is 0. The van der Waals surface area contributed by atoms with Gasteiger partial charge in [-0.05, 0) is 19.1 Å². The first-order chi connectivity index (χ1) is 7.91. The summed E-state index contributed by atoms with van der Waals surface area (Å²) >= 11 is 0. The van der Waals surface area contributed by atoms with Crippen molar-refractivity contribution in [3.8, 4) is 0 Å². The summed E-state index contributed by atoms with van der Waals surface area (Å²) in [5.74, 6) is 0. The monoisotopic (exact) mass is 225 g/mol. The molecule has 0 radical (unpaired) electrons. The van der Waals surface area contributed by atoms with E-state index < -0.39 is 0 Å². The summed E-state index contributed by atoms with van der Waals surface area (Å²) in [4.78, 5) is 0. The van der Waals surface area contributed by atoms with E-state index >= 15 is 0 Å². The molecule has 0 unspecified atom stereocenters. The Bertz CT molecular complexity index is 131. The SMILES string of the molecule is CCCCCCCCCCCCCCC=N. The van der Waals surface area contributed by atoms with Crippen molar-refractivity contribution < 1.29 is 0 Å². The lowest BCUT2D eigenvalue weighted by molar-refractivity contribution is 0.546. The Kier molecular flexibility index (Phi) is 14.4. The highest BCUT2D eigenvalue weighted by atomic mass is 14.3. The smallest absolute Gasteiger partial charge is 0.00477 e. The zero-order valence-electron chi connectivity index (χ0n) is 11.3. The first kappa shape index (κ1) is 15.7. The van der Waals surface area contributed by atoms with Crippen LogP contribution in [0.1, 0.15) is 90.4 Å². The van der Waals surface area contributed by atoms with Gasteiger partial charge in [-0.1, -0.05) is 77.6 Å². The standard InChI is InChI=1S/C15H31N/c1-2-3-4-5-6-7-8-9-10-11-12-13-14-15-16/h15-16H,2-14H2,1H3. The zero-order chi connectivity index (χ0) is 11.9. The van der Waals surface area contributed by atoms with Gasteiger partial charge in [0.15, 0.2) is 0 Å². The molecule has 96 valence electrons. The summed E-state index contributed by atoms with van der Waals surface area (Å²) in [7, 11) is 0. The van der Waals surface area contributed by atoms with Crippen molar-refractivity contribution >= 4 is 6.21 Å². The lowest BCUT2D eigenvalue weighted by atomic mass is 10.0. The molecule has 0 bridgehead atoms. The van der Waals surface area contributed by atoms with Gasteiger partial charge in [-0.3, -0.25) is 0 Å². The maximum atomic E-state index is 6.92. The van der Waals surface area contributed by atoms with Crippen molar-refractivity contribution in [1.82, 2.24) is 0 Å². The van der Waals surface area contributed by atoms with E-state index in [2.05, 4.69) is 6.92 Å². The summed E-state index contributed by atoms with van der Waals surface area (Å²) < 4.78 is 0. The molecule has 0 heterocycles. The van der Waals surface area contributed by atoms with Crippen LogP contribution in [0.5, 0.6) is 0 Å². The second-order valence-corrected chi connectivity index (χ2v) is 4.88. The molecular weight excluding hydrogens is 194 g/mol. The van der Waals surface area contributed by atoms with E-state index in [1.165, 1.54) is 83.3 Å². The molecule has 1 N–H and O–H groups in total. The van der Waals surface area contributed by atoms with Crippen LogP contribution in [0.3, 0.4) is 0 Å². The van der Waals surface area contributed by atoms with Crippen LogP contribution >= 0.6 is 0 Å². The molecule has 0 aromatic heterocycles. The van der Waals surface area contributed by atoms with Crippen LogP contribution in [0, 0.1) is 5.41 Å². The number of hydrogen-bond donors (Lipinski definition) is 1. The van der Waals surface area contributed by atoms with E-state index in [0.717, 1.165) is 6.42 Å². The molecule has 1 heteroatoms. The van der Waals surface area contributed by atoms with Gasteiger partial charge >= 0.3 is 0 Å². The van der Waals surface area contributed by atoms with E-state index in [9.17, 15) is 0 Å². The van der Waals surface area contributed by atoms with Crippen molar-refractivity contribution in [2.75, 3.05) is 0 Å². The minimum Gasteiger partial charge on any atom is -0.313 e. The van der Waals surface area contributed by atoms with Gasteiger partial charge in [0.25, 0.3) is 0 Å². The van der Waals surface area contributed by atoms with Crippen molar-refractivity contribution in [2.45, 2.75) is 90.4 Å².